The first kappa shape index (κ1) is 11.7. The molecule has 0 fully saturated rings. The predicted molar refractivity (Wildman–Crippen MR) is 67.2 cm³/mol. The molecule has 0 aliphatic rings. The van der Waals surface area contributed by atoms with Gasteiger partial charge in [0, 0.05) is 5.92 Å². The zero-order valence-electron chi connectivity index (χ0n) is 8.84. The Morgan fingerprint density at radius 2 is 1.86 bits per heavy atom. The topological polar surface area (TPSA) is 51.8 Å². The molecule has 0 aliphatic carbocycles. The van der Waals surface area contributed by atoms with Gasteiger partial charge in [0.15, 0.2) is 0 Å². The van der Waals surface area contributed by atoms with E-state index < -0.39 is 0 Å². The number of nitrogen functional groups attached to an aromatic ring is 1. The van der Waals surface area contributed by atoms with Gasteiger partial charge >= 0.3 is 0 Å². The molecule has 0 aromatic carbocycles. The fraction of sp³-hybridized carbons (Fsp3) is 0.600. The van der Waals surface area contributed by atoms with Gasteiger partial charge in [-0.15, -0.1) is 0 Å². The lowest BCUT2D eigenvalue weighted by Crippen LogP contribution is -2.08. The molecule has 2 N–H and O–H groups in total. The van der Waals surface area contributed by atoms with Crippen molar-refractivity contribution in [3.8, 4) is 0 Å². The molecule has 0 radical (unpaired) electrons. The summed E-state index contributed by atoms with van der Waals surface area (Å²) in [5.74, 6) is 1.94. The van der Waals surface area contributed by atoms with E-state index in [2.05, 4.69) is 46.4 Å². The lowest BCUT2D eigenvalue weighted by atomic mass is 10.0. The molecule has 0 bridgehead atoms. The van der Waals surface area contributed by atoms with Crippen molar-refractivity contribution < 1.29 is 0 Å². The SMILES string of the molecule is CCC(CC)c1nc(C)c(I)c(N)n1. The molecule has 1 heterocycles. The smallest absolute Gasteiger partial charge is 0.140 e. The molecule has 0 saturated heterocycles. The van der Waals surface area contributed by atoms with Crippen LogP contribution in [0.3, 0.4) is 0 Å². The van der Waals surface area contributed by atoms with Crippen molar-refractivity contribution in [1.82, 2.24) is 9.97 Å². The summed E-state index contributed by atoms with van der Waals surface area (Å²) < 4.78 is 0.970. The summed E-state index contributed by atoms with van der Waals surface area (Å²) in [6.45, 7) is 6.29. The van der Waals surface area contributed by atoms with Crippen LogP contribution in [0.25, 0.3) is 0 Å². The Morgan fingerprint density at radius 3 is 2.29 bits per heavy atom. The molecule has 0 amide bonds. The minimum Gasteiger partial charge on any atom is -0.383 e. The van der Waals surface area contributed by atoms with Gasteiger partial charge in [-0.25, -0.2) is 9.97 Å². The molecule has 0 atom stereocenters. The van der Waals surface area contributed by atoms with E-state index in [1.165, 1.54) is 0 Å². The maximum atomic E-state index is 5.81. The number of nitrogens with zero attached hydrogens (tertiary/aromatic N) is 2. The van der Waals surface area contributed by atoms with Gasteiger partial charge in [-0.05, 0) is 42.4 Å². The largest absolute Gasteiger partial charge is 0.383 e. The predicted octanol–water partition coefficient (Wildman–Crippen LogP) is 2.88. The summed E-state index contributed by atoms with van der Waals surface area (Å²) in [6.07, 6.45) is 2.13. The first-order valence-electron chi connectivity index (χ1n) is 4.89. The lowest BCUT2D eigenvalue weighted by Gasteiger charge is -2.12. The van der Waals surface area contributed by atoms with Crippen molar-refractivity contribution in [3.05, 3.63) is 15.1 Å². The molecule has 0 aliphatic heterocycles. The van der Waals surface area contributed by atoms with E-state index in [0.717, 1.165) is 27.9 Å². The van der Waals surface area contributed by atoms with E-state index in [9.17, 15) is 0 Å². The van der Waals surface area contributed by atoms with Crippen molar-refractivity contribution in [2.45, 2.75) is 39.5 Å². The van der Waals surface area contributed by atoms with Crippen LogP contribution in [0, 0.1) is 10.5 Å². The van der Waals surface area contributed by atoms with Gasteiger partial charge in [-0.2, -0.15) is 0 Å². The Hall–Kier alpha value is -0.390. The van der Waals surface area contributed by atoms with Crippen LogP contribution >= 0.6 is 22.6 Å². The Balaban J connectivity index is 3.11. The third-order valence-corrected chi connectivity index (χ3v) is 3.74. The Kier molecular flexibility index (Phi) is 4.10. The van der Waals surface area contributed by atoms with Crippen LogP contribution in [0.5, 0.6) is 0 Å². The molecule has 4 heteroatoms. The zero-order valence-corrected chi connectivity index (χ0v) is 11.0. The number of anilines is 1. The summed E-state index contributed by atoms with van der Waals surface area (Å²) in [7, 11) is 0. The third kappa shape index (κ3) is 2.34. The average molecular weight is 305 g/mol. The minimum atomic E-state index is 0.438. The van der Waals surface area contributed by atoms with Crippen LogP contribution in [0.4, 0.5) is 5.82 Å². The second-order valence-corrected chi connectivity index (χ2v) is 4.46. The number of aryl methyl sites for hydroxylation is 1. The summed E-state index contributed by atoms with van der Waals surface area (Å²) in [5, 5.41) is 0. The second kappa shape index (κ2) is 4.91. The molecule has 0 spiro atoms. The Bertz CT molecular complexity index is 298. The molecule has 1 aromatic rings. The maximum absolute atomic E-state index is 5.81. The highest BCUT2D eigenvalue weighted by Crippen LogP contribution is 2.23. The molecule has 3 nitrogen and oxygen atoms in total. The van der Waals surface area contributed by atoms with Crippen LogP contribution in [-0.2, 0) is 0 Å². The molecular weight excluding hydrogens is 289 g/mol. The highest BCUT2D eigenvalue weighted by molar-refractivity contribution is 14.1. The third-order valence-electron chi connectivity index (χ3n) is 2.41. The van der Waals surface area contributed by atoms with Gasteiger partial charge in [0.1, 0.15) is 11.6 Å². The van der Waals surface area contributed by atoms with Crippen LogP contribution in [0.2, 0.25) is 0 Å². The van der Waals surface area contributed by atoms with Gasteiger partial charge in [-0.3, -0.25) is 0 Å². The number of rotatable bonds is 3. The minimum absolute atomic E-state index is 0.438. The first-order valence-corrected chi connectivity index (χ1v) is 5.97. The summed E-state index contributed by atoms with van der Waals surface area (Å²) >= 11 is 2.18. The molecule has 14 heavy (non-hydrogen) atoms. The number of hydrogen-bond acceptors (Lipinski definition) is 3. The molecule has 0 saturated carbocycles. The highest BCUT2D eigenvalue weighted by atomic mass is 127. The standard InChI is InChI=1S/C10H16IN3/c1-4-7(5-2)10-13-6(3)8(11)9(12)14-10/h7H,4-5H2,1-3H3,(H2,12,13,14). The van der Waals surface area contributed by atoms with E-state index >= 15 is 0 Å². The van der Waals surface area contributed by atoms with Crippen LogP contribution in [0.1, 0.15) is 44.1 Å². The number of aromatic nitrogens is 2. The molecular formula is C10H16IN3. The average Bonchev–Trinajstić information content (AvgIpc) is 2.16. The quantitative estimate of drug-likeness (QED) is 0.874. The monoisotopic (exact) mass is 305 g/mol. The lowest BCUT2D eigenvalue weighted by molar-refractivity contribution is 0.600. The van der Waals surface area contributed by atoms with Crippen LogP contribution < -0.4 is 5.73 Å². The van der Waals surface area contributed by atoms with Crippen LogP contribution in [0.15, 0.2) is 0 Å². The molecule has 0 unspecified atom stereocenters. The van der Waals surface area contributed by atoms with Gasteiger partial charge in [0.2, 0.25) is 0 Å². The summed E-state index contributed by atoms with van der Waals surface area (Å²) in [6, 6.07) is 0. The number of hydrogen-bond donors (Lipinski definition) is 1. The van der Waals surface area contributed by atoms with Crippen molar-refractivity contribution >= 4 is 28.4 Å². The number of halogens is 1. The van der Waals surface area contributed by atoms with E-state index in [-0.39, 0.29) is 0 Å². The van der Waals surface area contributed by atoms with Crippen molar-refractivity contribution in [3.63, 3.8) is 0 Å². The second-order valence-electron chi connectivity index (χ2n) is 3.38. The highest BCUT2D eigenvalue weighted by Gasteiger charge is 2.13. The maximum Gasteiger partial charge on any atom is 0.140 e. The van der Waals surface area contributed by atoms with Crippen molar-refractivity contribution in [2.24, 2.45) is 0 Å². The Labute approximate surface area is 98.7 Å². The molecule has 1 aromatic heterocycles. The molecule has 78 valence electrons. The van der Waals surface area contributed by atoms with Crippen molar-refractivity contribution in [1.29, 1.82) is 0 Å². The van der Waals surface area contributed by atoms with E-state index in [1.54, 1.807) is 0 Å². The fourth-order valence-corrected chi connectivity index (χ4v) is 1.68. The van der Waals surface area contributed by atoms with E-state index in [0.29, 0.717) is 11.7 Å². The molecule has 1 rings (SSSR count). The van der Waals surface area contributed by atoms with Crippen LogP contribution in [-0.4, -0.2) is 9.97 Å². The van der Waals surface area contributed by atoms with Gasteiger partial charge in [-0.1, -0.05) is 13.8 Å². The Morgan fingerprint density at radius 1 is 1.29 bits per heavy atom. The first-order chi connectivity index (χ1) is 6.60. The van der Waals surface area contributed by atoms with Gasteiger partial charge in [0.05, 0.1) is 9.26 Å². The normalized spacial score (nSPS) is 10.9. The van der Waals surface area contributed by atoms with E-state index in [4.69, 9.17) is 5.73 Å². The van der Waals surface area contributed by atoms with Gasteiger partial charge in [0.25, 0.3) is 0 Å². The zero-order chi connectivity index (χ0) is 10.7. The summed E-state index contributed by atoms with van der Waals surface area (Å²) in [5.41, 5.74) is 6.80. The van der Waals surface area contributed by atoms with E-state index in [1.807, 2.05) is 6.92 Å². The fourth-order valence-electron chi connectivity index (χ4n) is 1.44. The van der Waals surface area contributed by atoms with Gasteiger partial charge < -0.3 is 5.73 Å². The summed E-state index contributed by atoms with van der Waals surface area (Å²) in [4.78, 5) is 8.81. The number of nitrogens with two attached hydrogens (primary N) is 1. The van der Waals surface area contributed by atoms with Crippen molar-refractivity contribution in [2.75, 3.05) is 5.73 Å².